The Balaban J connectivity index is 4.39. The molecule has 0 aromatic heterocycles. The van der Waals surface area contributed by atoms with Gasteiger partial charge in [-0.2, -0.15) is 0 Å². The van der Waals surface area contributed by atoms with Crippen LogP contribution < -0.4 is 0 Å². The number of aliphatic imine (C=N–C) groups is 2. The summed E-state index contributed by atoms with van der Waals surface area (Å²) in [5.41, 5.74) is 0.0421. The predicted molar refractivity (Wildman–Crippen MR) is 53.2 cm³/mol. The van der Waals surface area contributed by atoms with Crippen molar-refractivity contribution in [2.45, 2.75) is 25.2 Å². The molecule has 0 saturated carbocycles. The molecule has 5 nitrogen and oxygen atoms in total. The SMILES string of the molecule is C=NC[C@H](O)[C@H](N=C)[C@@H](O)C(C)=N. The molecule has 0 saturated heterocycles. The van der Waals surface area contributed by atoms with Gasteiger partial charge < -0.3 is 15.6 Å². The fourth-order valence-electron chi connectivity index (χ4n) is 0.928. The zero-order valence-corrected chi connectivity index (χ0v) is 7.64. The van der Waals surface area contributed by atoms with Crippen molar-refractivity contribution in [1.82, 2.24) is 0 Å². The van der Waals surface area contributed by atoms with Gasteiger partial charge in [0.1, 0.15) is 12.1 Å². The Morgan fingerprint density at radius 3 is 2.31 bits per heavy atom. The second kappa shape index (κ2) is 5.55. The Kier molecular flexibility index (Phi) is 5.10. The Bertz CT molecular complexity index is 206. The van der Waals surface area contributed by atoms with Crippen LogP contribution in [0.15, 0.2) is 9.98 Å². The van der Waals surface area contributed by atoms with Gasteiger partial charge in [-0.05, 0) is 20.4 Å². The molecule has 0 spiro atoms. The van der Waals surface area contributed by atoms with Crippen LogP contribution in [0.5, 0.6) is 0 Å². The van der Waals surface area contributed by atoms with Crippen molar-refractivity contribution in [3.05, 3.63) is 0 Å². The van der Waals surface area contributed by atoms with Gasteiger partial charge in [0.2, 0.25) is 0 Å². The molecule has 3 N–H and O–H groups in total. The molecule has 0 aliphatic carbocycles. The van der Waals surface area contributed by atoms with Crippen LogP contribution in [0.25, 0.3) is 0 Å². The molecule has 13 heavy (non-hydrogen) atoms. The van der Waals surface area contributed by atoms with Crippen molar-refractivity contribution in [3.63, 3.8) is 0 Å². The number of nitrogens with one attached hydrogen (secondary N) is 1. The third kappa shape index (κ3) is 3.43. The van der Waals surface area contributed by atoms with E-state index in [2.05, 4.69) is 23.4 Å². The van der Waals surface area contributed by atoms with Gasteiger partial charge in [-0.1, -0.05) is 0 Å². The maximum absolute atomic E-state index is 9.40. The van der Waals surface area contributed by atoms with E-state index in [-0.39, 0.29) is 12.3 Å². The highest BCUT2D eigenvalue weighted by Crippen LogP contribution is 2.06. The third-order valence-corrected chi connectivity index (χ3v) is 1.69. The number of nitrogens with zero attached hydrogens (tertiary/aromatic N) is 2. The van der Waals surface area contributed by atoms with Crippen LogP contribution in [-0.2, 0) is 0 Å². The van der Waals surface area contributed by atoms with Crippen LogP contribution in [0.3, 0.4) is 0 Å². The summed E-state index contributed by atoms with van der Waals surface area (Å²) < 4.78 is 0. The van der Waals surface area contributed by atoms with E-state index in [4.69, 9.17) is 5.41 Å². The number of hydrogen-bond donors (Lipinski definition) is 3. The number of aliphatic hydroxyl groups excluding tert-OH is 2. The fourth-order valence-corrected chi connectivity index (χ4v) is 0.928. The number of aliphatic hydroxyl groups is 2. The quantitative estimate of drug-likeness (QED) is 0.488. The van der Waals surface area contributed by atoms with E-state index >= 15 is 0 Å². The number of rotatable bonds is 6. The average molecular weight is 185 g/mol. The van der Waals surface area contributed by atoms with E-state index in [1.165, 1.54) is 6.92 Å². The summed E-state index contributed by atoms with van der Waals surface area (Å²) in [4.78, 5) is 7.03. The first-order chi connectivity index (χ1) is 6.04. The Hall–Kier alpha value is -1.07. The second-order valence-corrected chi connectivity index (χ2v) is 2.77. The summed E-state index contributed by atoms with van der Waals surface area (Å²) >= 11 is 0. The topological polar surface area (TPSA) is 89.0 Å². The maximum Gasteiger partial charge on any atom is 0.116 e. The van der Waals surface area contributed by atoms with Gasteiger partial charge >= 0.3 is 0 Å². The largest absolute Gasteiger partial charge is 0.389 e. The molecule has 74 valence electrons. The van der Waals surface area contributed by atoms with Crippen molar-refractivity contribution >= 4 is 19.1 Å². The molecule has 0 amide bonds. The second-order valence-electron chi connectivity index (χ2n) is 2.77. The highest BCUT2D eigenvalue weighted by atomic mass is 16.3. The van der Waals surface area contributed by atoms with E-state index in [0.29, 0.717) is 0 Å². The zero-order chi connectivity index (χ0) is 10.4. The summed E-state index contributed by atoms with van der Waals surface area (Å²) in [5, 5.41) is 26.0. The molecule has 0 aliphatic rings. The van der Waals surface area contributed by atoms with Crippen molar-refractivity contribution in [3.8, 4) is 0 Å². The van der Waals surface area contributed by atoms with Crippen LogP contribution in [0.1, 0.15) is 6.92 Å². The lowest BCUT2D eigenvalue weighted by Crippen LogP contribution is -2.41. The van der Waals surface area contributed by atoms with Crippen molar-refractivity contribution in [1.29, 1.82) is 5.41 Å². The van der Waals surface area contributed by atoms with Crippen LogP contribution in [0.4, 0.5) is 0 Å². The minimum Gasteiger partial charge on any atom is -0.389 e. The van der Waals surface area contributed by atoms with E-state index < -0.39 is 18.2 Å². The normalized spacial score (nSPS) is 17.2. The average Bonchev–Trinajstić information content (AvgIpc) is 2.05. The molecule has 0 rings (SSSR count). The first-order valence-electron chi connectivity index (χ1n) is 3.84. The molecule has 0 aliphatic heterocycles. The Labute approximate surface area is 77.4 Å². The molecule has 0 aromatic rings. The lowest BCUT2D eigenvalue weighted by molar-refractivity contribution is 0.0937. The smallest absolute Gasteiger partial charge is 0.116 e. The molecule has 0 fully saturated rings. The van der Waals surface area contributed by atoms with Crippen molar-refractivity contribution < 1.29 is 10.2 Å². The summed E-state index contributed by atoms with van der Waals surface area (Å²) in [6.45, 7) is 7.97. The highest BCUT2D eigenvalue weighted by Gasteiger charge is 2.26. The van der Waals surface area contributed by atoms with E-state index in [1.807, 2.05) is 0 Å². The molecule has 5 heteroatoms. The monoisotopic (exact) mass is 185 g/mol. The minimum atomic E-state index is -1.10. The van der Waals surface area contributed by atoms with Gasteiger partial charge in [0.25, 0.3) is 0 Å². The third-order valence-electron chi connectivity index (χ3n) is 1.69. The first-order valence-corrected chi connectivity index (χ1v) is 3.84. The van der Waals surface area contributed by atoms with Gasteiger partial charge in [0, 0.05) is 5.71 Å². The van der Waals surface area contributed by atoms with Crippen LogP contribution in [-0.4, -0.2) is 54.2 Å². The first kappa shape index (κ1) is 11.9. The van der Waals surface area contributed by atoms with Gasteiger partial charge in [-0.3, -0.25) is 9.98 Å². The molecular weight excluding hydrogens is 170 g/mol. The molecule has 0 bridgehead atoms. The minimum absolute atomic E-state index is 0.0421. The van der Waals surface area contributed by atoms with E-state index in [9.17, 15) is 10.2 Å². The predicted octanol–water partition coefficient (Wildman–Crippen LogP) is -0.482. The molecular formula is C8H15N3O2. The van der Waals surface area contributed by atoms with Gasteiger partial charge in [0.15, 0.2) is 0 Å². The standard InChI is InChI=1S/C8H15N3O2/c1-5(9)8(13)7(11-3)6(12)4-10-2/h6-9,12-13H,2-4H2,1H3/t6-,7-,8-/m0/s1. The summed E-state index contributed by atoms with van der Waals surface area (Å²) in [6, 6.07) is -0.803. The summed E-state index contributed by atoms with van der Waals surface area (Å²) in [6.07, 6.45) is -2.04. The van der Waals surface area contributed by atoms with Gasteiger partial charge in [-0.15, -0.1) is 0 Å². The lowest BCUT2D eigenvalue weighted by atomic mass is 10.0. The molecule has 0 heterocycles. The van der Waals surface area contributed by atoms with Crippen LogP contribution in [0.2, 0.25) is 0 Å². The zero-order valence-electron chi connectivity index (χ0n) is 7.64. The molecule has 0 unspecified atom stereocenters. The van der Waals surface area contributed by atoms with Crippen LogP contribution >= 0.6 is 0 Å². The lowest BCUT2D eigenvalue weighted by Gasteiger charge is -2.21. The summed E-state index contributed by atoms with van der Waals surface area (Å²) in [5.74, 6) is 0. The molecule has 0 radical (unpaired) electrons. The van der Waals surface area contributed by atoms with E-state index in [0.717, 1.165) is 0 Å². The highest BCUT2D eigenvalue weighted by molar-refractivity contribution is 5.84. The summed E-state index contributed by atoms with van der Waals surface area (Å²) in [7, 11) is 0. The van der Waals surface area contributed by atoms with Crippen molar-refractivity contribution in [2.75, 3.05) is 6.54 Å². The molecule has 3 atom stereocenters. The Morgan fingerprint density at radius 1 is 1.46 bits per heavy atom. The van der Waals surface area contributed by atoms with Crippen molar-refractivity contribution in [2.24, 2.45) is 9.98 Å². The fraction of sp³-hybridized carbons (Fsp3) is 0.625. The van der Waals surface area contributed by atoms with Gasteiger partial charge in [-0.25, -0.2) is 0 Å². The van der Waals surface area contributed by atoms with Crippen LogP contribution in [0, 0.1) is 5.41 Å². The van der Waals surface area contributed by atoms with E-state index in [1.54, 1.807) is 0 Å². The number of hydrogen-bond acceptors (Lipinski definition) is 5. The van der Waals surface area contributed by atoms with Gasteiger partial charge in [0.05, 0.1) is 12.6 Å². The molecule has 0 aromatic carbocycles. The maximum atomic E-state index is 9.40. The Morgan fingerprint density at radius 2 is 2.00 bits per heavy atom.